The number of nitrogens with one attached hydrogen (secondary N) is 2. The Hall–Kier alpha value is -2.86. The molecule has 0 radical (unpaired) electrons. The predicted molar refractivity (Wildman–Crippen MR) is 126 cm³/mol. The summed E-state index contributed by atoms with van der Waals surface area (Å²) in [5.41, 5.74) is -0.483. The third-order valence-electron chi connectivity index (χ3n) is 5.62. The molecule has 0 aliphatic carbocycles. The average Bonchev–Trinajstić information content (AvgIpc) is 2.76. The summed E-state index contributed by atoms with van der Waals surface area (Å²) in [7, 11) is -2.22. The largest absolute Gasteiger partial charge is 0.490 e. The summed E-state index contributed by atoms with van der Waals surface area (Å²) in [6, 6.07) is 5.59. The van der Waals surface area contributed by atoms with Crippen LogP contribution in [0.2, 0.25) is 0 Å². The number of piperazine rings is 1. The monoisotopic (exact) mass is 498 g/mol. The van der Waals surface area contributed by atoms with Crippen LogP contribution in [-0.2, 0) is 30.8 Å². The first-order chi connectivity index (χ1) is 15.9. The van der Waals surface area contributed by atoms with Gasteiger partial charge in [-0.2, -0.15) is 4.31 Å². The second kappa shape index (κ2) is 11.5. The van der Waals surface area contributed by atoms with Crippen molar-refractivity contribution in [3.05, 3.63) is 23.8 Å². The zero-order valence-electron chi connectivity index (χ0n) is 20.3. The fourth-order valence-corrected chi connectivity index (χ4v) is 4.34. The van der Waals surface area contributed by atoms with E-state index in [0.29, 0.717) is 37.7 Å². The summed E-state index contributed by atoms with van der Waals surface area (Å²) >= 11 is 0. The second-order valence-electron chi connectivity index (χ2n) is 8.19. The number of sulfonamides is 1. The van der Waals surface area contributed by atoms with Crippen LogP contribution in [0.25, 0.3) is 0 Å². The van der Waals surface area contributed by atoms with Gasteiger partial charge in [0.25, 0.3) is 0 Å². The molecule has 0 aromatic heterocycles. The maximum atomic E-state index is 12.8. The Morgan fingerprint density at radius 3 is 2.38 bits per heavy atom. The van der Waals surface area contributed by atoms with E-state index in [1.54, 1.807) is 0 Å². The standard InChI is InChI=1S/C22H34N4O7S/c1-6-32-17-9-8-16(12-18(17)33-7-2)10-11-23-19(27)13-24-21(29)22(3)15-26(34(5,30)31)14-20(28)25(22)4/h8-9,12H,6-7,10-11,13-15H2,1-5H3,(H,23,27)(H,24,29)/t22-/m1/s1. The number of nitrogens with zero attached hydrogens (tertiary/aromatic N) is 2. The first-order valence-corrected chi connectivity index (χ1v) is 12.9. The molecule has 1 aliphatic rings. The van der Waals surface area contributed by atoms with Crippen molar-refractivity contribution in [2.75, 3.05) is 52.7 Å². The van der Waals surface area contributed by atoms with Crippen molar-refractivity contribution < 1.29 is 32.3 Å². The van der Waals surface area contributed by atoms with Crippen LogP contribution in [-0.4, -0.2) is 93.6 Å². The van der Waals surface area contributed by atoms with E-state index < -0.39 is 33.3 Å². The maximum absolute atomic E-state index is 12.8. The van der Waals surface area contributed by atoms with E-state index in [1.807, 2.05) is 32.0 Å². The summed E-state index contributed by atoms with van der Waals surface area (Å²) < 4.78 is 35.9. The van der Waals surface area contributed by atoms with Crippen LogP contribution in [0.15, 0.2) is 18.2 Å². The summed E-state index contributed by atoms with van der Waals surface area (Å²) in [5.74, 6) is -0.213. The highest BCUT2D eigenvalue weighted by atomic mass is 32.2. The zero-order valence-corrected chi connectivity index (χ0v) is 21.2. The van der Waals surface area contributed by atoms with Crippen LogP contribution in [0, 0.1) is 0 Å². The lowest BCUT2D eigenvalue weighted by molar-refractivity contribution is -0.150. The average molecular weight is 499 g/mol. The van der Waals surface area contributed by atoms with E-state index in [1.165, 1.54) is 18.9 Å². The van der Waals surface area contributed by atoms with Crippen LogP contribution in [0.1, 0.15) is 26.3 Å². The Balaban J connectivity index is 1.89. The summed E-state index contributed by atoms with van der Waals surface area (Å²) in [6.07, 6.45) is 1.53. The molecule has 0 saturated carbocycles. The highest BCUT2D eigenvalue weighted by molar-refractivity contribution is 7.88. The van der Waals surface area contributed by atoms with Gasteiger partial charge in [0.05, 0.1) is 32.6 Å². The van der Waals surface area contributed by atoms with Crippen molar-refractivity contribution in [3.63, 3.8) is 0 Å². The van der Waals surface area contributed by atoms with Crippen molar-refractivity contribution in [1.29, 1.82) is 0 Å². The number of carbonyl (C=O) groups excluding carboxylic acids is 3. The molecular formula is C22H34N4O7S. The van der Waals surface area contributed by atoms with Crippen LogP contribution in [0.4, 0.5) is 0 Å². The topological polar surface area (TPSA) is 134 Å². The van der Waals surface area contributed by atoms with Gasteiger partial charge in [-0.05, 0) is 44.9 Å². The molecule has 0 spiro atoms. The van der Waals surface area contributed by atoms with Crippen molar-refractivity contribution >= 4 is 27.7 Å². The van der Waals surface area contributed by atoms with Crippen LogP contribution < -0.4 is 20.1 Å². The van der Waals surface area contributed by atoms with Gasteiger partial charge in [0.1, 0.15) is 5.54 Å². The molecule has 2 rings (SSSR count). The number of carbonyl (C=O) groups is 3. The highest BCUT2D eigenvalue weighted by Gasteiger charge is 2.47. The number of hydrogen-bond acceptors (Lipinski definition) is 7. The smallest absolute Gasteiger partial charge is 0.247 e. The van der Waals surface area contributed by atoms with Gasteiger partial charge in [-0.1, -0.05) is 6.07 Å². The van der Waals surface area contributed by atoms with Gasteiger partial charge >= 0.3 is 0 Å². The Morgan fingerprint density at radius 1 is 1.12 bits per heavy atom. The van der Waals surface area contributed by atoms with Crippen LogP contribution >= 0.6 is 0 Å². The zero-order chi connectivity index (χ0) is 25.5. The summed E-state index contributed by atoms with van der Waals surface area (Å²) in [4.78, 5) is 38.5. The molecule has 1 heterocycles. The number of benzene rings is 1. The Kier molecular flexibility index (Phi) is 9.28. The molecule has 1 aromatic rings. The fraction of sp³-hybridized carbons (Fsp3) is 0.591. The molecule has 1 fully saturated rings. The van der Waals surface area contributed by atoms with E-state index in [-0.39, 0.29) is 19.6 Å². The lowest BCUT2D eigenvalue weighted by Gasteiger charge is -2.44. The molecule has 190 valence electrons. The molecule has 0 bridgehead atoms. The molecule has 34 heavy (non-hydrogen) atoms. The molecule has 11 nitrogen and oxygen atoms in total. The van der Waals surface area contributed by atoms with Gasteiger partial charge in [-0.3, -0.25) is 14.4 Å². The molecule has 1 aliphatic heterocycles. The van der Waals surface area contributed by atoms with Gasteiger partial charge < -0.3 is 25.0 Å². The molecule has 3 amide bonds. The molecular weight excluding hydrogens is 464 g/mol. The Labute approximate surface area is 200 Å². The lowest BCUT2D eigenvalue weighted by Crippen LogP contribution is -2.68. The number of likely N-dealkylation sites (N-methyl/N-ethyl adjacent to an activating group) is 1. The Bertz CT molecular complexity index is 1010. The van der Waals surface area contributed by atoms with E-state index >= 15 is 0 Å². The summed E-state index contributed by atoms with van der Waals surface area (Å²) in [5, 5.41) is 5.24. The number of amides is 3. The molecule has 1 saturated heterocycles. The van der Waals surface area contributed by atoms with Crippen molar-refractivity contribution in [2.24, 2.45) is 0 Å². The van der Waals surface area contributed by atoms with Gasteiger partial charge in [0.15, 0.2) is 11.5 Å². The molecule has 1 atom stereocenters. The minimum Gasteiger partial charge on any atom is -0.490 e. The third-order valence-corrected chi connectivity index (χ3v) is 6.82. The molecule has 2 N–H and O–H groups in total. The second-order valence-corrected chi connectivity index (χ2v) is 10.2. The third kappa shape index (κ3) is 6.83. The van der Waals surface area contributed by atoms with Gasteiger partial charge in [0.2, 0.25) is 27.7 Å². The van der Waals surface area contributed by atoms with Crippen LogP contribution in [0.5, 0.6) is 11.5 Å². The van der Waals surface area contributed by atoms with E-state index in [9.17, 15) is 22.8 Å². The SMILES string of the molecule is CCOc1ccc(CCNC(=O)CNC(=O)[C@@]2(C)CN(S(C)(=O)=O)CC(=O)N2C)cc1OCC. The highest BCUT2D eigenvalue weighted by Crippen LogP contribution is 2.28. The fourth-order valence-electron chi connectivity index (χ4n) is 3.51. The van der Waals surface area contributed by atoms with E-state index in [2.05, 4.69) is 10.6 Å². The molecule has 1 aromatic carbocycles. The predicted octanol–water partition coefficient (Wildman–Crippen LogP) is -0.249. The Morgan fingerprint density at radius 2 is 1.76 bits per heavy atom. The maximum Gasteiger partial charge on any atom is 0.247 e. The normalized spacial score (nSPS) is 19.0. The first-order valence-electron chi connectivity index (χ1n) is 11.1. The lowest BCUT2D eigenvalue weighted by atomic mass is 9.96. The molecule has 0 unspecified atom stereocenters. The van der Waals surface area contributed by atoms with Gasteiger partial charge in [-0.25, -0.2) is 8.42 Å². The minimum absolute atomic E-state index is 0.193. The van der Waals surface area contributed by atoms with Crippen molar-refractivity contribution in [1.82, 2.24) is 19.8 Å². The number of rotatable bonds is 11. The number of ether oxygens (including phenoxy) is 2. The van der Waals surface area contributed by atoms with Gasteiger partial charge in [0, 0.05) is 20.1 Å². The first kappa shape index (κ1) is 27.4. The van der Waals surface area contributed by atoms with E-state index in [0.717, 1.165) is 16.1 Å². The van der Waals surface area contributed by atoms with E-state index in [4.69, 9.17) is 9.47 Å². The van der Waals surface area contributed by atoms with Crippen LogP contribution in [0.3, 0.4) is 0 Å². The quantitative estimate of drug-likeness (QED) is 0.430. The number of hydrogen-bond donors (Lipinski definition) is 2. The van der Waals surface area contributed by atoms with Gasteiger partial charge in [-0.15, -0.1) is 0 Å². The van der Waals surface area contributed by atoms with Crippen molar-refractivity contribution in [2.45, 2.75) is 32.7 Å². The molecule has 12 heteroatoms. The van der Waals surface area contributed by atoms with Crippen molar-refractivity contribution in [3.8, 4) is 11.5 Å². The summed E-state index contributed by atoms with van der Waals surface area (Å²) in [6.45, 7) is 5.79. The minimum atomic E-state index is -3.66.